The molecule has 0 amide bonds. The van der Waals surface area contributed by atoms with Crippen molar-refractivity contribution in [3.63, 3.8) is 0 Å². The number of hydrogen-bond acceptors (Lipinski definition) is 4. The molecular weight excluding hydrogens is 288 g/mol. The molecule has 1 aliphatic heterocycles. The van der Waals surface area contributed by atoms with Gasteiger partial charge in [-0.15, -0.1) is 0 Å². The standard InChI is InChI=1S/C15H24N2O3S/c1-3-16-10-14-4-6-15(7-5-14)12-21(18,19)17-8-9-20-13(2)11-17/h4-7,13,16H,3,8-12H2,1-2H3. The summed E-state index contributed by atoms with van der Waals surface area (Å²) in [6.45, 7) is 7.06. The summed E-state index contributed by atoms with van der Waals surface area (Å²) >= 11 is 0. The summed E-state index contributed by atoms with van der Waals surface area (Å²) in [7, 11) is -3.26. The van der Waals surface area contributed by atoms with Crippen LogP contribution < -0.4 is 5.32 Å². The van der Waals surface area contributed by atoms with Gasteiger partial charge in [0.1, 0.15) is 0 Å². The fourth-order valence-corrected chi connectivity index (χ4v) is 3.95. The van der Waals surface area contributed by atoms with Crippen molar-refractivity contribution in [2.24, 2.45) is 0 Å². The molecule has 1 unspecified atom stereocenters. The maximum absolute atomic E-state index is 12.4. The number of sulfonamides is 1. The van der Waals surface area contributed by atoms with E-state index in [0.29, 0.717) is 19.7 Å². The maximum Gasteiger partial charge on any atom is 0.218 e. The van der Waals surface area contributed by atoms with E-state index in [1.165, 1.54) is 4.31 Å². The van der Waals surface area contributed by atoms with E-state index in [-0.39, 0.29) is 11.9 Å². The van der Waals surface area contributed by atoms with Gasteiger partial charge in [-0.2, -0.15) is 4.31 Å². The minimum absolute atomic E-state index is 0.0315. The van der Waals surface area contributed by atoms with Gasteiger partial charge in [-0.25, -0.2) is 8.42 Å². The van der Waals surface area contributed by atoms with Crippen molar-refractivity contribution in [2.45, 2.75) is 32.2 Å². The molecule has 2 rings (SSSR count). The van der Waals surface area contributed by atoms with Crippen LogP contribution in [-0.2, 0) is 27.1 Å². The van der Waals surface area contributed by atoms with Crippen LogP contribution in [0.4, 0.5) is 0 Å². The Labute approximate surface area is 127 Å². The number of nitrogens with one attached hydrogen (secondary N) is 1. The number of nitrogens with zero attached hydrogens (tertiary/aromatic N) is 1. The largest absolute Gasteiger partial charge is 0.376 e. The highest BCUT2D eigenvalue weighted by atomic mass is 32.2. The van der Waals surface area contributed by atoms with E-state index in [1.807, 2.05) is 31.2 Å². The molecule has 1 aromatic rings. The maximum atomic E-state index is 12.4. The van der Waals surface area contributed by atoms with Gasteiger partial charge in [0.05, 0.1) is 18.5 Å². The molecule has 5 nitrogen and oxygen atoms in total. The minimum Gasteiger partial charge on any atom is -0.376 e. The zero-order valence-electron chi connectivity index (χ0n) is 12.7. The van der Waals surface area contributed by atoms with E-state index in [2.05, 4.69) is 12.2 Å². The highest BCUT2D eigenvalue weighted by Crippen LogP contribution is 2.15. The monoisotopic (exact) mass is 312 g/mol. The van der Waals surface area contributed by atoms with Crippen LogP contribution in [0.3, 0.4) is 0 Å². The molecule has 1 atom stereocenters. The average molecular weight is 312 g/mol. The van der Waals surface area contributed by atoms with Gasteiger partial charge < -0.3 is 10.1 Å². The lowest BCUT2D eigenvalue weighted by molar-refractivity contribution is 0.0101. The third kappa shape index (κ3) is 4.78. The second-order valence-electron chi connectivity index (χ2n) is 5.39. The Bertz CT molecular complexity index is 543. The van der Waals surface area contributed by atoms with Crippen molar-refractivity contribution >= 4 is 10.0 Å². The summed E-state index contributed by atoms with van der Waals surface area (Å²) in [5, 5.41) is 3.25. The van der Waals surface area contributed by atoms with Crippen molar-refractivity contribution < 1.29 is 13.2 Å². The van der Waals surface area contributed by atoms with Crippen molar-refractivity contribution in [1.82, 2.24) is 9.62 Å². The van der Waals surface area contributed by atoms with Gasteiger partial charge in [0, 0.05) is 19.6 Å². The number of rotatable bonds is 6. The van der Waals surface area contributed by atoms with Crippen molar-refractivity contribution in [3.05, 3.63) is 35.4 Å². The van der Waals surface area contributed by atoms with Crippen LogP contribution in [-0.4, -0.2) is 45.1 Å². The first-order valence-corrected chi connectivity index (χ1v) is 9.00. The van der Waals surface area contributed by atoms with Crippen molar-refractivity contribution in [2.75, 3.05) is 26.2 Å². The SMILES string of the molecule is CCNCc1ccc(CS(=O)(=O)N2CCOC(C)C2)cc1. The molecule has 1 aliphatic rings. The Morgan fingerprint density at radius 3 is 2.57 bits per heavy atom. The lowest BCUT2D eigenvalue weighted by Gasteiger charge is -2.30. The van der Waals surface area contributed by atoms with Crippen molar-refractivity contribution in [3.8, 4) is 0 Å². The molecule has 0 aliphatic carbocycles. The second-order valence-corrected chi connectivity index (χ2v) is 7.36. The molecule has 6 heteroatoms. The number of ether oxygens (including phenoxy) is 1. The minimum atomic E-state index is -3.26. The molecule has 1 N–H and O–H groups in total. The van der Waals surface area contributed by atoms with Crippen LogP contribution >= 0.6 is 0 Å². The summed E-state index contributed by atoms with van der Waals surface area (Å²) in [6, 6.07) is 7.76. The quantitative estimate of drug-likeness (QED) is 0.861. The summed E-state index contributed by atoms with van der Waals surface area (Å²) in [6.07, 6.45) is -0.0315. The molecule has 1 saturated heterocycles. The highest BCUT2D eigenvalue weighted by Gasteiger charge is 2.27. The van der Waals surface area contributed by atoms with Crippen molar-refractivity contribution in [1.29, 1.82) is 0 Å². The zero-order chi connectivity index (χ0) is 15.3. The van der Waals surface area contributed by atoms with E-state index in [9.17, 15) is 8.42 Å². The third-order valence-corrected chi connectivity index (χ3v) is 5.36. The van der Waals surface area contributed by atoms with Crippen LogP contribution in [0, 0.1) is 0 Å². The lowest BCUT2D eigenvalue weighted by atomic mass is 10.1. The van der Waals surface area contributed by atoms with Gasteiger partial charge in [-0.05, 0) is 24.6 Å². The molecule has 1 fully saturated rings. The molecule has 1 heterocycles. The molecular formula is C15H24N2O3S. The van der Waals surface area contributed by atoms with Gasteiger partial charge >= 0.3 is 0 Å². The highest BCUT2D eigenvalue weighted by molar-refractivity contribution is 7.88. The normalized spacial score (nSPS) is 20.6. The Kier molecular flexibility index (Phi) is 5.75. The Hall–Kier alpha value is -0.950. The topological polar surface area (TPSA) is 58.6 Å². The summed E-state index contributed by atoms with van der Waals surface area (Å²) in [5.74, 6) is 0.0568. The van der Waals surface area contributed by atoms with Gasteiger partial charge in [0.25, 0.3) is 0 Å². The van der Waals surface area contributed by atoms with Crippen LogP contribution in [0.1, 0.15) is 25.0 Å². The molecule has 21 heavy (non-hydrogen) atoms. The van der Waals surface area contributed by atoms with E-state index in [0.717, 1.165) is 24.2 Å². The van der Waals surface area contributed by atoms with Crippen LogP contribution in [0.25, 0.3) is 0 Å². The lowest BCUT2D eigenvalue weighted by Crippen LogP contribution is -2.44. The molecule has 0 aromatic heterocycles. The number of morpholine rings is 1. The van der Waals surface area contributed by atoms with Gasteiger partial charge in [-0.3, -0.25) is 0 Å². The molecule has 1 aromatic carbocycles. The summed E-state index contributed by atoms with van der Waals surface area (Å²) in [5.41, 5.74) is 1.99. The van der Waals surface area contributed by atoms with E-state index >= 15 is 0 Å². The van der Waals surface area contributed by atoms with Gasteiger partial charge in [0.2, 0.25) is 10.0 Å². The van der Waals surface area contributed by atoms with Crippen LogP contribution in [0.2, 0.25) is 0 Å². The predicted octanol–water partition coefficient (Wildman–Crippen LogP) is 1.35. The summed E-state index contributed by atoms with van der Waals surface area (Å²) in [4.78, 5) is 0. The molecule has 0 bridgehead atoms. The fourth-order valence-electron chi connectivity index (χ4n) is 2.36. The van der Waals surface area contributed by atoms with Gasteiger partial charge in [0.15, 0.2) is 0 Å². The Morgan fingerprint density at radius 1 is 1.29 bits per heavy atom. The van der Waals surface area contributed by atoms with Gasteiger partial charge in [-0.1, -0.05) is 31.2 Å². The average Bonchev–Trinajstić information content (AvgIpc) is 2.46. The third-order valence-electron chi connectivity index (χ3n) is 3.55. The Balaban J connectivity index is 1.99. The first-order chi connectivity index (χ1) is 10.0. The fraction of sp³-hybridized carbons (Fsp3) is 0.600. The molecule has 0 spiro atoms. The summed E-state index contributed by atoms with van der Waals surface area (Å²) < 4.78 is 31.8. The first-order valence-electron chi connectivity index (χ1n) is 7.39. The zero-order valence-corrected chi connectivity index (χ0v) is 13.5. The smallest absolute Gasteiger partial charge is 0.218 e. The van der Waals surface area contributed by atoms with E-state index in [1.54, 1.807) is 0 Å². The molecule has 0 radical (unpaired) electrons. The van der Waals surface area contributed by atoms with Crippen LogP contribution in [0.5, 0.6) is 0 Å². The molecule has 0 saturated carbocycles. The number of hydrogen-bond donors (Lipinski definition) is 1. The second kappa shape index (κ2) is 7.35. The Morgan fingerprint density at radius 2 is 1.95 bits per heavy atom. The molecule has 118 valence electrons. The van der Waals surface area contributed by atoms with Crippen LogP contribution in [0.15, 0.2) is 24.3 Å². The van der Waals surface area contributed by atoms with E-state index < -0.39 is 10.0 Å². The first kappa shape index (κ1) is 16.4. The van der Waals surface area contributed by atoms with E-state index in [4.69, 9.17) is 4.74 Å². The number of benzene rings is 1. The predicted molar refractivity (Wildman–Crippen MR) is 83.4 cm³/mol.